The highest BCUT2D eigenvalue weighted by molar-refractivity contribution is 14.1. The van der Waals surface area contributed by atoms with Crippen molar-refractivity contribution in [1.29, 1.82) is 0 Å². The lowest BCUT2D eigenvalue weighted by Gasteiger charge is -2.41. The van der Waals surface area contributed by atoms with E-state index in [4.69, 9.17) is 11.5 Å². The van der Waals surface area contributed by atoms with Crippen molar-refractivity contribution in [3.63, 3.8) is 0 Å². The van der Waals surface area contributed by atoms with Gasteiger partial charge in [-0.25, -0.2) is 0 Å². The Balaban J connectivity index is 2.27. The molecule has 0 spiro atoms. The Kier molecular flexibility index (Phi) is 2.72. The first kappa shape index (κ1) is 10.5. The molecular weight excluding hydrogens is 305 g/mol. The minimum atomic E-state index is -0.279. The molecule has 15 heavy (non-hydrogen) atoms. The van der Waals surface area contributed by atoms with E-state index in [0.29, 0.717) is 5.69 Å². The van der Waals surface area contributed by atoms with Gasteiger partial charge >= 0.3 is 0 Å². The molecule has 4 N–H and O–H groups in total. The van der Waals surface area contributed by atoms with Crippen LogP contribution in [-0.4, -0.2) is 18.5 Å². The highest BCUT2D eigenvalue weighted by Gasteiger charge is 2.33. The molecule has 4 nitrogen and oxygen atoms in total. The lowest BCUT2D eigenvalue weighted by Crippen LogP contribution is -2.55. The maximum Gasteiger partial charge on any atom is 0.240 e. The van der Waals surface area contributed by atoms with E-state index in [0.717, 1.165) is 22.2 Å². The summed E-state index contributed by atoms with van der Waals surface area (Å²) in [5.41, 5.74) is 12.8. The van der Waals surface area contributed by atoms with Crippen LogP contribution in [0.15, 0.2) is 18.2 Å². The average Bonchev–Trinajstić information content (AvgIpc) is 2.06. The SMILES string of the molecule is NC(=O)C1CCN1c1ccc(I)cc1N. The first-order chi connectivity index (χ1) is 7.09. The minimum absolute atomic E-state index is 0.188. The number of carbonyl (C=O) groups is 1. The molecule has 1 aromatic rings. The predicted octanol–water partition coefficient (Wildman–Crippen LogP) is 0.937. The molecular formula is C10H12IN3O. The molecule has 1 fully saturated rings. The van der Waals surface area contributed by atoms with Gasteiger partial charge in [-0.1, -0.05) is 0 Å². The molecule has 2 rings (SSSR count). The Hall–Kier alpha value is -0.980. The van der Waals surface area contributed by atoms with E-state index in [2.05, 4.69) is 22.6 Å². The third-order valence-electron chi connectivity index (χ3n) is 2.65. The molecule has 80 valence electrons. The molecule has 0 aliphatic carbocycles. The Morgan fingerprint density at radius 1 is 1.53 bits per heavy atom. The molecule has 1 aromatic carbocycles. The largest absolute Gasteiger partial charge is 0.397 e. The molecule has 1 amide bonds. The van der Waals surface area contributed by atoms with Crippen LogP contribution in [0.3, 0.4) is 0 Å². The summed E-state index contributed by atoms with van der Waals surface area (Å²) in [4.78, 5) is 13.0. The van der Waals surface area contributed by atoms with Crippen molar-refractivity contribution in [2.45, 2.75) is 12.5 Å². The number of primary amides is 1. The van der Waals surface area contributed by atoms with Gasteiger partial charge in [-0.2, -0.15) is 0 Å². The first-order valence-corrected chi connectivity index (χ1v) is 5.78. The molecule has 0 radical (unpaired) electrons. The summed E-state index contributed by atoms with van der Waals surface area (Å²) in [5.74, 6) is -0.279. The highest BCUT2D eigenvalue weighted by atomic mass is 127. The van der Waals surface area contributed by atoms with Gasteiger partial charge in [0.05, 0.1) is 11.4 Å². The van der Waals surface area contributed by atoms with Gasteiger partial charge in [0.2, 0.25) is 5.91 Å². The van der Waals surface area contributed by atoms with E-state index in [1.807, 2.05) is 23.1 Å². The minimum Gasteiger partial charge on any atom is -0.397 e. The molecule has 1 aliphatic rings. The van der Waals surface area contributed by atoms with Crippen LogP contribution in [0, 0.1) is 3.57 Å². The molecule has 0 aromatic heterocycles. The number of amides is 1. The Labute approximate surface area is 102 Å². The number of halogens is 1. The number of hydrogen-bond donors (Lipinski definition) is 2. The van der Waals surface area contributed by atoms with E-state index in [1.54, 1.807) is 0 Å². The third-order valence-corrected chi connectivity index (χ3v) is 3.32. The number of carbonyl (C=O) groups excluding carboxylic acids is 1. The first-order valence-electron chi connectivity index (χ1n) is 4.70. The predicted molar refractivity (Wildman–Crippen MR) is 68.5 cm³/mol. The molecule has 1 atom stereocenters. The van der Waals surface area contributed by atoms with Gasteiger partial charge in [0.1, 0.15) is 6.04 Å². The van der Waals surface area contributed by atoms with Crippen LogP contribution in [0.25, 0.3) is 0 Å². The van der Waals surface area contributed by atoms with Crippen molar-refractivity contribution in [1.82, 2.24) is 0 Å². The van der Waals surface area contributed by atoms with Gasteiger partial charge in [-0.15, -0.1) is 0 Å². The normalized spacial score (nSPS) is 19.8. The summed E-state index contributed by atoms with van der Waals surface area (Å²) in [6.07, 6.45) is 0.820. The Bertz CT molecular complexity index is 408. The van der Waals surface area contributed by atoms with E-state index in [-0.39, 0.29) is 11.9 Å². The van der Waals surface area contributed by atoms with Crippen molar-refractivity contribution >= 4 is 39.9 Å². The quantitative estimate of drug-likeness (QED) is 0.630. The number of hydrogen-bond acceptors (Lipinski definition) is 3. The fourth-order valence-electron chi connectivity index (χ4n) is 1.76. The maximum atomic E-state index is 11.1. The van der Waals surface area contributed by atoms with Gasteiger partial charge in [-0.05, 0) is 47.2 Å². The monoisotopic (exact) mass is 317 g/mol. The second-order valence-electron chi connectivity index (χ2n) is 3.60. The fraction of sp³-hybridized carbons (Fsp3) is 0.300. The zero-order valence-electron chi connectivity index (χ0n) is 8.11. The van der Waals surface area contributed by atoms with E-state index in [9.17, 15) is 4.79 Å². The van der Waals surface area contributed by atoms with Crippen molar-refractivity contribution in [3.8, 4) is 0 Å². The lowest BCUT2D eigenvalue weighted by atomic mass is 10.0. The summed E-state index contributed by atoms with van der Waals surface area (Å²) < 4.78 is 1.09. The Morgan fingerprint density at radius 2 is 2.27 bits per heavy atom. The smallest absolute Gasteiger partial charge is 0.240 e. The number of benzene rings is 1. The highest BCUT2D eigenvalue weighted by Crippen LogP contribution is 2.32. The summed E-state index contributed by atoms with van der Waals surface area (Å²) in [5, 5.41) is 0. The number of anilines is 2. The zero-order chi connectivity index (χ0) is 11.0. The van der Waals surface area contributed by atoms with E-state index >= 15 is 0 Å². The van der Waals surface area contributed by atoms with Crippen LogP contribution in [0.2, 0.25) is 0 Å². The topological polar surface area (TPSA) is 72.4 Å². The van der Waals surface area contributed by atoms with Crippen LogP contribution in [-0.2, 0) is 4.79 Å². The van der Waals surface area contributed by atoms with Gasteiger partial charge in [0.25, 0.3) is 0 Å². The zero-order valence-corrected chi connectivity index (χ0v) is 10.3. The van der Waals surface area contributed by atoms with E-state index < -0.39 is 0 Å². The van der Waals surface area contributed by atoms with Gasteiger partial charge < -0.3 is 16.4 Å². The van der Waals surface area contributed by atoms with Crippen molar-refractivity contribution in [3.05, 3.63) is 21.8 Å². The summed E-state index contributed by atoms with van der Waals surface area (Å²) in [7, 11) is 0. The van der Waals surface area contributed by atoms with Crippen LogP contribution >= 0.6 is 22.6 Å². The van der Waals surface area contributed by atoms with Crippen LogP contribution in [0.1, 0.15) is 6.42 Å². The number of nitrogens with zero attached hydrogens (tertiary/aromatic N) is 1. The molecule has 0 saturated carbocycles. The molecule has 1 heterocycles. The van der Waals surface area contributed by atoms with Gasteiger partial charge in [0.15, 0.2) is 0 Å². The van der Waals surface area contributed by atoms with Crippen molar-refractivity contribution < 1.29 is 4.79 Å². The van der Waals surface area contributed by atoms with E-state index in [1.165, 1.54) is 0 Å². The second-order valence-corrected chi connectivity index (χ2v) is 4.85. The fourth-order valence-corrected chi connectivity index (χ4v) is 2.27. The Morgan fingerprint density at radius 3 is 2.73 bits per heavy atom. The maximum absolute atomic E-state index is 11.1. The van der Waals surface area contributed by atoms with Crippen molar-refractivity contribution in [2.75, 3.05) is 17.2 Å². The van der Waals surface area contributed by atoms with Crippen LogP contribution < -0.4 is 16.4 Å². The molecule has 5 heteroatoms. The lowest BCUT2D eigenvalue weighted by molar-refractivity contribution is -0.120. The van der Waals surface area contributed by atoms with Gasteiger partial charge in [0, 0.05) is 10.1 Å². The van der Waals surface area contributed by atoms with Crippen LogP contribution in [0.4, 0.5) is 11.4 Å². The van der Waals surface area contributed by atoms with Crippen molar-refractivity contribution in [2.24, 2.45) is 5.73 Å². The summed E-state index contributed by atoms with van der Waals surface area (Å²) in [6, 6.07) is 5.62. The number of rotatable bonds is 2. The molecule has 1 aliphatic heterocycles. The molecule has 1 unspecified atom stereocenters. The summed E-state index contributed by atoms with van der Waals surface area (Å²) in [6.45, 7) is 0.846. The number of nitrogen functional groups attached to an aromatic ring is 1. The standard InChI is InChI=1S/C10H12IN3O/c11-6-1-2-8(7(12)5-6)14-4-3-9(14)10(13)15/h1-2,5,9H,3-4,12H2,(H2,13,15). The molecule has 1 saturated heterocycles. The second kappa shape index (κ2) is 3.88. The summed E-state index contributed by atoms with van der Waals surface area (Å²) >= 11 is 2.20. The van der Waals surface area contributed by atoms with Crippen LogP contribution in [0.5, 0.6) is 0 Å². The average molecular weight is 317 g/mol. The number of nitrogens with two attached hydrogens (primary N) is 2. The molecule has 0 bridgehead atoms. The van der Waals surface area contributed by atoms with Gasteiger partial charge in [-0.3, -0.25) is 4.79 Å². The third kappa shape index (κ3) is 1.88.